The van der Waals surface area contributed by atoms with Crippen LogP contribution in [0.15, 0.2) is 48.5 Å². The topological polar surface area (TPSA) is 84.9 Å². The fourth-order valence-electron chi connectivity index (χ4n) is 3.73. The number of nitrogens with one attached hydrogen (secondary N) is 1. The molecule has 9 heteroatoms. The lowest BCUT2D eigenvalue weighted by molar-refractivity contribution is -0.134. The zero-order valence-electron chi connectivity index (χ0n) is 17.7. The van der Waals surface area contributed by atoms with E-state index in [1.807, 2.05) is 45.5 Å². The quantitative estimate of drug-likeness (QED) is 0.254. The highest BCUT2D eigenvalue weighted by molar-refractivity contribution is 14.2. The number of nitrogens with zero attached hydrogens (tertiary/aromatic N) is 1. The van der Waals surface area contributed by atoms with Gasteiger partial charge >= 0.3 is 12.1 Å². The van der Waals surface area contributed by atoms with E-state index >= 15 is 0 Å². The van der Waals surface area contributed by atoms with Crippen LogP contribution in [0.4, 0.5) is 4.79 Å². The molecule has 2 amide bonds. The van der Waals surface area contributed by atoms with Gasteiger partial charge in [0, 0.05) is 53.7 Å². The summed E-state index contributed by atoms with van der Waals surface area (Å²) in [6.07, 6.45) is 0.417. The number of carbonyl (C=O) groups is 3. The van der Waals surface area contributed by atoms with Gasteiger partial charge < -0.3 is 19.1 Å². The summed E-state index contributed by atoms with van der Waals surface area (Å²) in [7, 11) is 2.60. The Bertz CT molecular complexity index is 925. The fraction of sp³-hybridized carbons (Fsp3) is 0.348. The number of alkyl carbamates (subject to hydrolysis) is 1. The van der Waals surface area contributed by atoms with Gasteiger partial charge in [-0.2, -0.15) is 0 Å². The number of amides is 2. The van der Waals surface area contributed by atoms with Crippen LogP contribution >= 0.6 is 30.4 Å². The molecular formula is C23H25IN2O5S. The van der Waals surface area contributed by atoms with Crippen molar-refractivity contribution in [1.29, 1.82) is 0 Å². The highest BCUT2D eigenvalue weighted by atomic mass is 127. The summed E-state index contributed by atoms with van der Waals surface area (Å²) in [5.74, 6) is -0.434. The van der Waals surface area contributed by atoms with Crippen molar-refractivity contribution >= 4 is 48.4 Å². The van der Waals surface area contributed by atoms with Gasteiger partial charge in [-0.25, -0.2) is 4.79 Å². The molecule has 1 aliphatic rings. The van der Waals surface area contributed by atoms with E-state index in [0.29, 0.717) is 19.5 Å². The molecule has 3 rings (SSSR count). The van der Waals surface area contributed by atoms with Crippen LogP contribution in [0.25, 0.3) is 11.1 Å². The van der Waals surface area contributed by atoms with Crippen LogP contribution in [-0.2, 0) is 18.5 Å². The number of hydrogen-bond acceptors (Lipinski definition) is 6. The van der Waals surface area contributed by atoms with Crippen LogP contribution in [0.1, 0.15) is 36.3 Å². The van der Waals surface area contributed by atoms with E-state index in [4.69, 9.17) is 8.92 Å². The Labute approximate surface area is 204 Å². The van der Waals surface area contributed by atoms with Crippen LogP contribution in [0.5, 0.6) is 0 Å². The Morgan fingerprint density at radius 2 is 1.66 bits per heavy atom. The number of benzene rings is 2. The lowest BCUT2D eigenvalue weighted by atomic mass is 9.98. The predicted molar refractivity (Wildman–Crippen MR) is 132 cm³/mol. The average molecular weight is 568 g/mol. The molecule has 0 fully saturated rings. The first-order valence-electron chi connectivity index (χ1n) is 10.3. The molecule has 0 radical (unpaired) electrons. The number of carbonyl (C=O) groups excluding carboxylic acids is 3. The first-order chi connectivity index (χ1) is 15.5. The van der Waals surface area contributed by atoms with Crippen molar-refractivity contribution in [1.82, 2.24) is 10.2 Å². The largest absolute Gasteiger partial charge is 0.449 e. The van der Waals surface area contributed by atoms with E-state index < -0.39 is 6.09 Å². The van der Waals surface area contributed by atoms with Gasteiger partial charge in [0.25, 0.3) is 0 Å². The molecule has 0 bridgehead atoms. The van der Waals surface area contributed by atoms with Gasteiger partial charge in [-0.1, -0.05) is 48.5 Å². The molecule has 1 aliphatic carbocycles. The van der Waals surface area contributed by atoms with E-state index in [-0.39, 0.29) is 37.2 Å². The molecular weight excluding hydrogens is 543 g/mol. The third kappa shape index (κ3) is 6.38. The van der Waals surface area contributed by atoms with Crippen LogP contribution in [-0.4, -0.2) is 49.6 Å². The minimum atomic E-state index is -0.494. The van der Waals surface area contributed by atoms with Gasteiger partial charge in [-0.15, -0.1) is 0 Å². The van der Waals surface area contributed by atoms with Crippen LogP contribution in [0, 0.1) is 0 Å². The average Bonchev–Trinajstić information content (AvgIpc) is 3.12. The van der Waals surface area contributed by atoms with Crippen LogP contribution < -0.4 is 5.32 Å². The number of fused-ring (bicyclic) bond motifs is 3. The molecule has 0 aliphatic heterocycles. The molecule has 2 aromatic carbocycles. The SMILES string of the molecule is CN(CCC(=O)OSI)C(=O)CCCNC(=O)OCC1c2ccccc2-c2ccccc21. The van der Waals surface area contributed by atoms with Gasteiger partial charge in [0.15, 0.2) is 0 Å². The molecule has 7 nitrogen and oxygen atoms in total. The Hall–Kier alpha value is -2.27. The van der Waals surface area contributed by atoms with Crippen LogP contribution in [0.2, 0.25) is 0 Å². The van der Waals surface area contributed by atoms with Gasteiger partial charge in [0.2, 0.25) is 5.91 Å². The van der Waals surface area contributed by atoms with E-state index in [9.17, 15) is 14.4 Å². The third-order valence-corrected chi connectivity index (χ3v) is 6.17. The normalized spacial score (nSPS) is 11.9. The van der Waals surface area contributed by atoms with Gasteiger partial charge in [0.05, 0.1) is 6.42 Å². The Kier molecular flexibility index (Phi) is 9.22. The lowest BCUT2D eigenvalue weighted by Gasteiger charge is -2.16. The zero-order valence-corrected chi connectivity index (χ0v) is 20.7. The molecule has 0 atom stereocenters. The minimum Gasteiger partial charge on any atom is -0.449 e. The number of halogens is 1. The molecule has 0 saturated heterocycles. The minimum absolute atomic E-state index is 0.0145. The predicted octanol–water partition coefficient (Wildman–Crippen LogP) is 4.70. The highest BCUT2D eigenvalue weighted by Crippen LogP contribution is 2.44. The molecule has 170 valence electrons. The number of ether oxygens (including phenoxy) is 1. The standard InChI is InChI=1S/C23H25IN2O5S/c1-26(14-12-22(28)31-32-24)21(27)11-6-13-25-23(29)30-15-20-18-9-4-2-7-16(18)17-8-3-5-10-19(17)20/h2-5,7-10,20H,6,11-15H2,1H3,(H,25,29). The van der Waals surface area contributed by atoms with Crippen molar-refractivity contribution in [2.45, 2.75) is 25.2 Å². The summed E-state index contributed by atoms with van der Waals surface area (Å²) in [4.78, 5) is 37.1. The van der Waals surface area contributed by atoms with Gasteiger partial charge in [-0.05, 0) is 28.7 Å². The van der Waals surface area contributed by atoms with Gasteiger partial charge in [0.1, 0.15) is 15.8 Å². The fourth-order valence-corrected chi connectivity index (χ4v) is 4.49. The van der Waals surface area contributed by atoms with Crippen molar-refractivity contribution < 1.29 is 23.3 Å². The second kappa shape index (κ2) is 12.1. The smallest absolute Gasteiger partial charge is 0.407 e. The van der Waals surface area contributed by atoms with Crippen molar-refractivity contribution in [2.75, 3.05) is 26.7 Å². The highest BCUT2D eigenvalue weighted by Gasteiger charge is 2.28. The molecule has 0 spiro atoms. The first-order valence-corrected chi connectivity index (χ1v) is 13.6. The lowest BCUT2D eigenvalue weighted by Crippen LogP contribution is -2.31. The maximum absolute atomic E-state index is 12.2. The molecule has 32 heavy (non-hydrogen) atoms. The van der Waals surface area contributed by atoms with Crippen molar-refractivity contribution in [3.05, 3.63) is 59.7 Å². The summed E-state index contributed by atoms with van der Waals surface area (Å²) in [6.45, 7) is 0.894. The van der Waals surface area contributed by atoms with Crippen molar-refractivity contribution in [3.8, 4) is 11.1 Å². The summed E-state index contributed by atoms with van der Waals surface area (Å²) in [5, 5.41) is 2.71. The van der Waals surface area contributed by atoms with E-state index in [1.165, 1.54) is 16.0 Å². The molecule has 0 unspecified atom stereocenters. The second-order valence-electron chi connectivity index (χ2n) is 7.44. The van der Waals surface area contributed by atoms with Crippen molar-refractivity contribution in [2.24, 2.45) is 0 Å². The van der Waals surface area contributed by atoms with Crippen LogP contribution in [0.3, 0.4) is 0 Å². The summed E-state index contributed by atoms with van der Waals surface area (Å²) in [6, 6.07) is 16.4. The molecule has 2 aromatic rings. The van der Waals surface area contributed by atoms with E-state index in [0.717, 1.165) is 20.3 Å². The van der Waals surface area contributed by atoms with Crippen molar-refractivity contribution in [3.63, 3.8) is 0 Å². The molecule has 0 saturated carbocycles. The Morgan fingerprint density at radius 3 is 2.28 bits per heavy atom. The molecule has 1 N–H and O–H groups in total. The molecule has 0 aromatic heterocycles. The Morgan fingerprint density at radius 1 is 1.03 bits per heavy atom. The Balaban J connectivity index is 1.38. The van der Waals surface area contributed by atoms with Gasteiger partial charge in [-0.3, -0.25) is 9.59 Å². The third-order valence-electron chi connectivity index (χ3n) is 5.38. The van der Waals surface area contributed by atoms with E-state index in [1.54, 1.807) is 7.05 Å². The summed E-state index contributed by atoms with van der Waals surface area (Å²) >= 11 is 1.87. The maximum Gasteiger partial charge on any atom is 0.407 e. The summed E-state index contributed by atoms with van der Waals surface area (Å²) < 4.78 is 10.2. The number of hydrogen-bond donors (Lipinski definition) is 1. The number of rotatable bonds is 10. The summed E-state index contributed by atoms with van der Waals surface area (Å²) in [5.41, 5.74) is 4.69. The zero-order chi connectivity index (χ0) is 22.9. The molecule has 0 heterocycles. The first kappa shape index (κ1) is 24.4. The maximum atomic E-state index is 12.2. The second-order valence-corrected chi connectivity index (χ2v) is 8.81. The monoisotopic (exact) mass is 568 g/mol. The van der Waals surface area contributed by atoms with E-state index in [2.05, 4.69) is 29.6 Å².